The van der Waals surface area contributed by atoms with E-state index in [0.29, 0.717) is 17.1 Å². The number of hydrogen-bond acceptors (Lipinski definition) is 5. The van der Waals surface area contributed by atoms with Crippen LogP contribution in [0.4, 0.5) is 4.79 Å². The molecule has 1 aliphatic carbocycles. The first-order chi connectivity index (χ1) is 16.5. The van der Waals surface area contributed by atoms with Gasteiger partial charge in [-0.25, -0.2) is 4.79 Å². The number of carboxylic acid groups (broad SMARTS) is 1. The van der Waals surface area contributed by atoms with Crippen LogP contribution >= 0.6 is 0 Å². The second kappa shape index (κ2) is 10.3. The lowest BCUT2D eigenvalue weighted by atomic mass is 9.98. The Kier molecular flexibility index (Phi) is 7.01. The van der Waals surface area contributed by atoms with Gasteiger partial charge >= 0.3 is 12.1 Å². The first kappa shape index (κ1) is 23.2. The number of alkyl carbamates (subject to hydrolysis) is 1. The highest BCUT2D eigenvalue weighted by Crippen LogP contribution is 2.44. The number of carbonyl (C=O) groups is 2. The predicted molar refractivity (Wildman–Crippen MR) is 127 cm³/mol. The molecule has 0 saturated carbocycles. The van der Waals surface area contributed by atoms with Gasteiger partial charge in [0.25, 0.3) is 0 Å². The molecule has 0 unspecified atom stereocenters. The van der Waals surface area contributed by atoms with Crippen molar-refractivity contribution in [3.8, 4) is 22.6 Å². The second-order valence-corrected chi connectivity index (χ2v) is 8.12. The maximum absolute atomic E-state index is 12.4. The van der Waals surface area contributed by atoms with E-state index in [9.17, 15) is 14.7 Å². The fourth-order valence-corrected chi connectivity index (χ4v) is 4.39. The van der Waals surface area contributed by atoms with Crippen LogP contribution in [0.3, 0.4) is 0 Å². The van der Waals surface area contributed by atoms with Gasteiger partial charge in [-0.05, 0) is 40.3 Å². The van der Waals surface area contributed by atoms with Crippen molar-refractivity contribution in [1.82, 2.24) is 5.32 Å². The van der Waals surface area contributed by atoms with Gasteiger partial charge in [-0.1, -0.05) is 54.6 Å². The fourth-order valence-electron chi connectivity index (χ4n) is 4.39. The number of fused-ring (bicyclic) bond motifs is 3. The minimum atomic E-state index is -1.02. The van der Waals surface area contributed by atoms with Crippen molar-refractivity contribution in [2.75, 3.05) is 27.4 Å². The Balaban J connectivity index is 1.37. The molecule has 0 saturated heterocycles. The quantitative estimate of drug-likeness (QED) is 0.488. The van der Waals surface area contributed by atoms with Gasteiger partial charge in [0.2, 0.25) is 0 Å². The Morgan fingerprint density at radius 2 is 1.59 bits per heavy atom. The summed E-state index contributed by atoms with van der Waals surface area (Å²) >= 11 is 0. The van der Waals surface area contributed by atoms with E-state index in [4.69, 9.17) is 14.2 Å². The van der Waals surface area contributed by atoms with Crippen molar-refractivity contribution in [3.63, 3.8) is 0 Å². The molecule has 3 aromatic carbocycles. The van der Waals surface area contributed by atoms with Crippen LogP contribution in [0.25, 0.3) is 11.1 Å². The smallest absolute Gasteiger partial charge is 0.407 e. The molecule has 2 N–H and O–H groups in total. The summed E-state index contributed by atoms with van der Waals surface area (Å²) in [4.78, 5) is 24.3. The third kappa shape index (κ3) is 4.83. The zero-order valence-electron chi connectivity index (χ0n) is 19.1. The van der Waals surface area contributed by atoms with Gasteiger partial charge in [-0.3, -0.25) is 4.79 Å². The summed E-state index contributed by atoms with van der Waals surface area (Å²) in [6, 6.07) is 21.4. The summed E-state index contributed by atoms with van der Waals surface area (Å²) in [5.74, 6) is -0.771. The van der Waals surface area contributed by atoms with Crippen molar-refractivity contribution in [2.24, 2.45) is 5.92 Å². The summed E-state index contributed by atoms with van der Waals surface area (Å²) in [6.07, 6.45) is -0.457. The highest BCUT2D eigenvalue weighted by molar-refractivity contribution is 5.79. The Bertz CT molecular complexity index is 1150. The van der Waals surface area contributed by atoms with Crippen LogP contribution < -0.4 is 14.8 Å². The molecule has 0 aromatic heterocycles. The highest BCUT2D eigenvalue weighted by atomic mass is 16.5. The van der Waals surface area contributed by atoms with Gasteiger partial charge in [-0.2, -0.15) is 0 Å². The third-order valence-electron chi connectivity index (χ3n) is 6.15. The molecule has 3 aromatic rings. The summed E-state index contributed by atoms with van der Waals surface area (Å²) in [5, 5.41) is 12.3. The van der Waals surface area contributed by atoms with Crippen LogP contribution in [0.15, 0.2) is 66.7 Å². The van der Waals surface area contributed by atoms with E-state index < -0.39 is 18.0 Å². The number of amides is 1. The zero-order chi connectivity index (χ0) is 24.1. The number of hydrogen-bond donors (Lipinski definition) is 2. The van der Waals surface area contributed by atoms with E-state index in [1.807, 2.05) is 36.4 Å². The summed E-state index contributed by atoms with van der Waals surface area (Å²) in [7, 11) is 3.07. The Morgan fingerprint density at radius 1 is 0.941 bits per heavy atom. The van der Waals surface area contributed by atoms with Crippen molar-refractivity contribution >= 4 is 12.1 Å². The average molecular weight is 462 g/mol. The number of carboxylic acids is 1. The maximum Gasteiger partial charge on any atom is 0.407 e. The molecule has 1 atom stereocenters. The minimum Gasteiger partial charge on any atom is -0.497 e. The first-order valence-electron chi connectivity index (χ1n) is 11.0. The van der Waals surface area contributed by atoms with Crippen molar-refractivity contribution in [3.05, 3.63) is 83.4 Å². The molecule has 0 radical (unpaired) electrons. The predicted octanol–water partition coefficient (Wildman–Crippen LogP) is 4.49. The van der Waals surface area contributed by atoms with Gasteiger partial charge in [0.05, 0.1) is 20.1 Å². The number of benzene rings is 3. The van der Waals surface area contributed by atoms with E-state index in [2.05, 4.69) is 17.4 Å². The van der Waals surface area contributed by atoms with Crippen LogP contribution in [-0.2, 0) is 16.0 Å². The number of nitrogens with one attached hydrogen (secondary N) is 1. The molecule has 1 aliphatic rings. The largest absolute Gasteiger partial charge is 0.497 e. The molecule has 7 nitrogen and oxygen atoms in total. The Hall–Kier alpha value is -4.00. The van der Waals surface area contributed by atoms with Crippen molar-refractivity contribution in [2.45, 2.75) is 12.3 Å². The minimum absolute atomic E-state index is 0.0584. The van der Waals surface area contributed by atoms with E-state index in [1.165, 1.54) is 7.11 Å². The van der Waals surface area contributed by atoms with Gasteiger partial charge in [0.15, 0.2) is 0 Å². The number of methoxy groups -OCH3 is 2. The molecular weight excluding hydrogens is 434 g/mol. The van der Waals surface area contributed by atoms with Gasteiger partial charge in [-0.15, -0.1) is 0 Å². The third-order valence-corrected chi connectivity index (χ3v) is 6.15. The summed E-state index contributed by atoms with van der Waals surface area (Å²) in [5.41, 5.74) is 5.24. The summed E-state index contributed by atoms with van der Waals surface area (Å²) in [6.45, 7) is 0.102. The lowest BCUT2D eigenvalue weighted by Gasteiger charge is -2.17. The number of carbonyl (C=O) groups excluding carboxylic acids is 1. The van der Waals surface area contributed by atoms with Crippen molar-refractivity contribution in [1.29, 1.82) is 0 Å². The van der Waals surface area contributed by atoms with Crippen LogP contribution in [-0.4, -0.2) is 44.5 Å². The normalized spacial score (nSPS) is 12.9. The molecule has 0 heterocycles. The lowest BCUT2D eigenvalue weighted by Crippen LogP contribution is -2.35. The molecular formula is C27H27NO6. The second-order valence-electron chi connectivity index (χ2n) is 8.12. The van der Waals surface area contributed by atoms with E-state index in [1.54, 1.807) is 25.3 Å². The average Bonchev–Trinajstić information content (AvgIpc) is 3.18. The van der Waals surface area contributed by atoms with E-state index in [-0.39, 0.29) is 25.5 Å². The molecule has 0 bridgehead atoms. The molecule has 1 amide bonds. The molecule has 176 valence electrons. The maximum atomic E-state index is 12.4. The zero-order valence-corrected chi connectivity index (χ0v) is 19.1. The van der Waals surface area contributed by atoms with E-state index in [0.717, 1.165) is 22.3 Å². The number of rotatable bonds is 9. The SMILES string of the molecule is COc1ccc(C[C@H](CNC(=O)OCC2c3ccccc3-c3ccccc32)C(=O)O)c(OC)c1. The molecule has 0 spiro atoms. The van der Waals surface area contributed by atoms with Crippen LogP contribution in [0.2, 0.25) is 0 Å². The first-order valence-corrected chi connectivity index (χ1v) is 11.0. The molecule has 0 fully saturated rings. The molecule has 34 heavy (non-hydrogen) atoms. The lowest BCUT2D eigenvalue weighted by molar-refractivity contribution is -0.141. The van der Waals surface area contributed by atoms with Gasteiger partial charge < -0.3 is 24.6 Å². The fraction of sp³-hybridized carbons (Fsp3) is 0.259. The van der Waals surface area contributed by atoms with Crippen LogP contribution in [0.5, 0.6) is 11.5 Å². The topological polar surface area (TPSA) is 94.1 Å². The highest BCUT2D eigenvalue weighted by Gasteiger charge is 2.29. The monoisotopic (exact) mass is 461 g/mol. The summed E-state index contributed by atoms with van der Waals surface area (Å²) < 4.78 is 16.1. The number of aliphatic carboxylic acids is 1. The molecule has 7 heteroatoms. The van der Waals surface area contributed by atoms with Gasteiger partial charge in [0.1, 0.15) is 18.1 Å². The van der Waals surface area contributed by atoms with E-state index >= 15 is 0 Å². The Morgan fingerprint density at radius 3 is 2.18 bits per heavy atom. The molecule has 4 rings (SSSR count). The van der Waals surface area contributed by atoms with Crippen LogP contribution in [0, 0.1) is 5.92 Å². The van der Waals surface area contributed by atoms with Gasteiger partial charge in [0, 0.05) is 18.5 Å². The van der Waals surface area contributed by atoms with Crippen molar-refractivity contribution < 1.29 is 28.9 Å². The molecule has 0 aliphatic heterocycles. The van der Waals surface area contributed by atoms with Crippen LogP contribution in [0.1, 0.15) is 22.6 Å². The Labute approximate surface area is 198 Å². The standard InChI is InChI=1S/C27H27NO6/c1-32-19-12-11-17(25(14-19)33-2)13-18(26(29)30)15-28-27(31)34-16-24-22-9-5-3-7-20(22)21-8-4-6-10-23(21)24/h3-12,14,18,24H,13,15-16H2,1-2H3,(H,28,31)(H,29,30)/t18-/m1/s1. The number of ether oxygens (including phenoxy) is 3.